The van der Waals surface area contributed by atoms with Crippen molar-refractivity contribution >= 4 is 27.3 Å². The lowest BCUT2D eigenvalue weighted by molar-refractivity contribution is 0.627. The molecule has 1 heterocycles. The molecule has 0 bridgehead atoms. The maximum absolute atomic E-state index is 13.3. The minimum absolute atomic E-state index is 0.244. The average Bonchev–Trinajstić information content (AvgIpc) is 3.06. The number of nitrogens with zero attached hydrogens (tertiary/aromatic N) is 2. The van der Waals surface area contributed by atoms with E-state index >= 15 is 0 Å². The van der Waals surface area contributed by atoms with Gasteiger partial charge in [-0.1, -0.05) is 52.3 Å². The first-order valence-corrected chi connectivity index (χ1v) is 9.80. The molecule has 144 valence electrons. The van der Waals surface area contributed by atoms with E-state index in [1.807, 2.05) is 61.5 Å². The van der Waals surface area contributed by atoms with E-state index in [1.165, 1.54) is 16.8 Å². The molecule has 0 aliphatic heterocycles. The van der Waals surface area contributed by atoms with E-state index in [4.69, 9.17) is 0 Å². The predicted molar refractivity (Wildman–Crippen MR) is 118 cm³/mol. The van der Waals surface area contributed by atoms with E-state index in [1.54, 1.807) is 12.1 Å². The summed E-state index contributed by atoms with van der Waals surface area (Å²) < 4.78 is 15.7. The number of aliphatic imine (C=N–C) groups is 1. The van der Waals surface area contributed by atoms with E-state index in [0.717, 1.165) is 15.7 Å². The molecule has 0 amide bonds. The van der Waals surface area contributed by atoms with Crippen molar-refractivity contribution in [2.24, 2.45) is 4.99 Å². The Kier molecular flexibility index (Phi) is 5.27. The SMILES string of the molecule is CC(=Nc1cccc(Br)c1)c1c(-c2ccccc2)[nH]n(-c2ccc(F)cc2)c1=O. The van der Waals surface area contributed by atoms with Gasteiger partial charge in [0.1, 0.15) is 5.82 Å². The first-order chi connectivity index (χ1) is 14.0. The Morgan fingerprint density at radius 1 is 1.00 bits per heavy atom. The molecule has 4 nitrogen and oxygen atoms in total. The summed E-state index contributed by atoms with van der Waals surface area (Å²) in [7, 11) is 0. The number of benzene rings is 3. The lowest BCUT2D eigenvalue weighted by Gasteiger charge is -2.03. The third-order valence-corrected chi connectivity index (χ3v) is 5.00. The number of halogens is 2. The highest BCUT2D eigenvalue weighted by molar-refractivity contribution is 9.10. The summed E-state index contributed by atoms with van der Waals surface area (Å²) in [6, 6.07) is 22.9. The summed E-state index contributed by atoms with van der Waals surface area (Å²) in [6.07, 6.45) is 0. The van der Waals surface area contributed by atoms with Gasteiger partial charge in [0, 0.05) is 10.0 Å². The Hall–Kier alpha value is -3.25. The largest absolute Gasteiger partial charge is 0.290 e. The quantitative estimate of drug-likeness (QED) is 0.388. The molecule has 6 heteroatoms. The third kappa shape index (κ3) is 3.98. The lowest BCUT2D eigenvalue weighted by atomic mass is 10.1. The fourth-order valence-electron chi connectivity index (χ4n) is 3.15. The van der Waals surface area contributed by atoms with Gasteiger partial charge in [0.05, 0.1) is 28.3 Å². The van der Waals surface area contributed by atoms with Crippen molar-refractivity contribution in [2.75, 3.05) is 0 Å². The van der Waals surface area contributed by atoms with Gasteiger partial charge in [-0.2, -0.15) is 0 Å². The average molecular weight is 450 g/mol. The van der Waals surface area contributed by atoms with Crippen molar-refractivity contribution in [3.05, 3.63) is 105 Å². The van der Waals surface area contributed by atoms with Gasteiger partial charge in [-0.15, -0.1) is 0 Å². The van der Waals surface area contributed by atoms with Gasteiger partial charge in [0.2, 0.25) is 0 Å². The molecule has 3 aromatic carbocycles. The van der Waals surface area contributed by atoms with Crippen LogP contribution in [0.5, 0.6) is 0 Å². The second kappa shape index (κ2) is 8.01. The number of aromatic amines is 1. The summed E-state index contributed by atoms with van der Waals surface area (Å²) in [5.41, 5.74) is 3.64. The predicted octanol–water partition coefficient (Wildman–Crippen LogP) is 5.87. The highest BCUT2D eigenvalue weighted by atomic mass is 79.9. The Morgan fingerprint density at radius 2 is 1.72 bits per heavy atom. The molecule has 0 spiro atoms. The molecule has 0 aliphatic rings. The van der Waals surface area contributed by atoms with Crippen LogP contribution in [0.3, 0.4) is 0 Å². The van der Waals surface area contributed by atoms with E-state index < -0.39 is 0 Å². The van der Waals surface area contributed by atoms with Crippen molar-refractivity contribution in [3.8, 4) is 16.9 Å². The number of H-pyrrole nitrogens is 1. The molecule has 29 heavy (non-hydrogen) atoms. The molecule has 1 aromatic heterocycles. The molecule has 0 atom stereocenters. The van der Waals surface area contributed by atoms with Gasteiger partial charge in [-0.3, -0.25) is 14.9 Å². The van der Waals surface area contributed by atoms with Crippen LogP contribution in [0.15, 0.2) is 93.1 Å². The van der Waals surface area contributed by atoms with Crippen LogP contribution in [0.1, 0.15) is 12.5 Å². The molecule has 0 aliphatic carbocycles. The van der Waals surface area contributed by atoms with Gasteiger partial charge < -0.3 is 0 Å². The molecule has 0 fully saturated rings. The zero-order chi connectivity index (χ0) is 20.4. The molecular formula is C23H17BrFN3O. The van der Waals surface area contributed by atoms with E-state index in [0.29, 0.717) is 22.7 Å². The standard InChI is InChI=1S/C23H17BrFN3O/c1-15(26-19-9-5-8-17(24)14-19)21-22(16-6-3-2-4-7-16)27-28(23(21)29)20-12-10-18(25)11-13-20/h2-14,27H,1H3. The summed E-state index contributed by atoms with van der Waals surface area (Å²) >= 11 is 3.44. The van der Waals surface area contributed by atoms with Crippen molar-refractivity contribution < 1.29 is 4.39 Å². The summed E-state index contributed by atoms with van der Waals surface area (Å²) in [4.78, 5) is 17.9. The van der Waals surface area contributed by atoms with Gasteiger partial charge in [0.25, 0.3) is 5.56 Å². The second-order valence-electron chi connectivity index (χ2n) is 6.52. The van der Waals surface area contributed by atoms with Gasteiger partial charge in [0.15, 0.2) is 0 Å². The Labute approximate surface area is 175 Å². The van der Waals surface area contributed by atoms with Crippen LogP contribution in [0.2, 0.25) is 0 Å². The molecule has 4 aromatic rings. The van der Waals surface area contributed by atoms with E-state index in [9.17, 15) is 9.18 Å². The summed E-state index contributed by atoms with van der Waals surface area (Å²) in [5, 5.41) is 3.17. The van der Waals surface area contributed by atoms with Crippen molar-refractivity contribution in [3.63, 3.8) is 0 Å². The highest BCUT2D eigenvalue weighted by Crippen LogP contribution is 2.24. The van der Waals surface area contributed by atoms with E-state index in [2.05, 4.69) is 26.0 Å². The minimum Gasteiger partial charge on any atom is -0.290 e. The molecule has 0 saturated carbocycles. The van der Waals surface area contributed by atoms with Gasteiger partial charge in [-0.25, -0.2) is 9.07 Å². The second-order valence-corrected chi connectivity index (χ2v) is 7.44. The van der Waals surface area contributed by atoms with Crippen LogP contribution in [-0.4, -0.2) is 15.5 Å². The number of aromatic nitrogens is 2. The third-order valence-electron chi connectivity index (χ3n) is 4.50. The summed E-state index contributed by atoms with van der Waals surface area (Å²) in [5.74, 6) is -0.357. The normalized spacial score (nSPS) is 11.6. The monoisotopic (exact) mass is 449 g/mol. The van der Waals surface area contributed by atoms with Crippen LogP contribution in [0, 0.1) is 5.82 Å². The van der Waals surface area contributed by atoms with Gasteiger partial charge in [-0.05, 0) is 49.4 Å². The summed E-state index contributed by atoms with van der Waals surface area (Å²) in [6.45, 7) is 1.81. The Morgan fingerprint density at radius 3 is 2.41 bits per heavy atom. The van der Waals surface area contributed by atoms with Crippen molar-refractivity contribution in [1.82, 2.24) is 9.78 Å². The topological polar surface area (TPSA) is 50.1 Å². The fraction of sp³-hybridized carbons (Fsp3) is 0.0435. The number of rotatable bonds is 4. The first-order valence-electron chi connectivity index (χ1n) is 9.00. The molecule has 1 N–H and O–H groups in total. The number of hydrogen-bond acceptors (Lipinski definition) is 2. The highest BCUT2D eigenvalue weighted by Gasteiger charge is 2.19. The van der Waals surface area contributed by atoms with E-state index in [-0.39, 0.29) is 11.4 Å². The van der Waals surface area contributed by atoms with Crippen LogP contribution < -0.4 is 5.56 Å². The molecule has 0 radical (unpaired) electrons. The maximum Gasteiger partial charge on any atom is 0.280 e. The van der Waals surface area contributed by atoms with Crippen LogP contribution >= 0.6 is 15.9 Å². The zero-order valence-corrected chi connectivity index (χ0v) is 17.2. The van der Waals surface area contributed by atoms with Crippen LogP contribution in [-0.2, 0) is 0 Å². The molecule has 4 rings (SSSR count). The van der Waals surface area contributed by atoms with Crippen LogP contribution in [0.4, 0.5) is 10.1 Å². The fourth-order valence-corrected chi connectivity index (χ4v) is 3.54. The van der Waals surface area contributed by atoms with Crippen molar-refractivity contribution in [2.45, 2.75) is 6.92 Å². The van der Waals surface area contributed by atoms with Gasteiger partial charge >= 0.3 is 0 Å². The lowest BCUT2D eigenvalue weighted by Crippen LogP contribution is -2.19. The number of nitrogens with one attached hydrogen (secondary N) is 1. The smallest absolute Gasteiger partial charge is 0.280 e. The van der Waals surface area contributed by atoms with Crippen molar-refractivity contribution in [1.29, 1.82) is 0 Å². The molecular weight excluding hydrogens is 433 g/mol. The number of hydrogen-bond donors (Lipinski definition) is 1. The molecule has 0 saturated heterocycles. The Bertz CT molecular complexity index is 1240. The maximum atomic E-state index is 13.3. The first kappa shape index (κ1) is 19.1. The molecule has 0 unspecified atom stereocenters. The minimum atomic E-state index is -0.357. The Balaban J connectivity index is 1.92. The zero-order valence-electron chi connectivity index (χ0n) is 15.6. The van der Waals surface area contributed by atoms with Crippen LogP contribution in [0.25, 0.3) is 16.9 Å².